The predicted octanol–water partition coefficient (Wildman–Crippen LogP) is 2.60. The van der Waals surface area contributed by atoms with Crippen LogP contribution in [0.5, 0.6) is 5.75 Å². The highest BCUT2D eigenvalue weighted by Crippen LogP contribution is 2.37. The number of phenolic OH excluding ortho intramolecular Hbond substituents is 1. The van der Waals surface area contributed by atoms with Crippen LogP contribution >= 0.6 is 0 Å². The van der Waals surface area contributed by atoms with Crippen molar-refractivity contribution in [2.24, 2.45) is 0 Å². The quantitative estimate of drug-likeness (QED) is 0.897. The zero-order valence-electron chi connectivity index (χ0n) is 11.4. The number of hydrogen-bond acceptors (Lipinski definition) is 3. The molecule has 0 aromatic heterocycles. The fraction of sp³-hybridized carbons (Fsp3) is 0.571. The first-order valence-electron chi connectivity index (χ1n) is 6.68. The van der Waals surface area contributed by atoms with E-state index in [0.717, 1.165) is 5.56 Å². The van der Waals surface area contributed by atoms with Crippen LogP contribution in [0.15, 0.2) is 18.2 Å². The Kier molecular flexibility index (Phi) is 4.55. The Labute approximate surface area is 116 Å². The average molecular weight is 288 g/mol. The molecule has 6 heteroatoms. The van der Waals surface area contributed by atoms with Crippen molar-refractivity contribution in [3.05, 3.63) is 29.3 Å². The van der Waals surface area contributed by atoms with Crippen molar-refractivity contribution < 1.29 is 18.3 Å². The van der Waals surface area contributed by atoms with Gasteiger partial charge >= 0.3 is 6.18 Å². The first kappa shape index (κ1) is 15.1. The molecule has 0 radical (unpaired) electrons. The van der Waals surface area contributed by atoms with Crippen LogP contribution in [0.1, 0.15) is 23.6 Å². The van der Waals surface area contributed by atoms with Gasteiger partial charge in [-0.2, -0.15) is 13.2 Å². The SMILES string of the molecule is Cc1ccc(O)c([C@@H](CC(F)(F)F)N2CCNCC2)c1. The van der Waals surface area contributed by atoms with Crippen molar-refractivity contribution in [2.75, 3.05) is 26.2 Å². The van der Waals surface area contributed by atoms with E-state index in [-0.39, 0.29) is 5.75 Å². The molecule has 0 amide bonds. The molecule has 0 saturated carbocycles. The summed E-state index contributed by atoms with van der Waals surface area (Å²) in [5, 5.41) is 13.0. The van der Waals surface area contributed by atoms with E-state index in [1.807, 2.05) is 6.92 Å². The third kappa shape index (κ3) is 3.86. The first-order valence-corrected chi connectivity index (χ1v) is 6.68. The number of nitrogens with one attached hydrogen (secondary N) is 1. The number of aryl methyl sites for hydroxylation is 1. The Hall–Kier alpha value is -1.27. The first-order chi connectivity index (χ1) is 9.37. The highest BCUT2D eigenvalue weighted by atomic mass is 19.4. The van der Waals surface area contributed by atoms with Crippen LogP contribution in [-0.2, 0) is 0 Å². The maximum absolute atomic E-state index is 12.9. The van der Waals surface area contributed by atoms with Crippen molar-refractivity contribution >= 4 is 0 Å². The molecular formula is C14H19F3N2O. The van der Waals surface area contributed by atoms with E-state index in [0.29, 0.717) is 31.7 Å². The number of rotatable bonds is 3. The molecule has 1 fully saturated rings. The highest BCUT2D eigenvalue weighted by molar-refractivity contribution is 5.38. The van der Waals surface area contributed by atoms with Gasteiger partial charge in [0.2, 0.25) is 0 Å². The van der Waals surface area contributed by atoms with Gasteiger partial charge in [-0.25, -0.2) is 0 Å². The van der Waals surface area contributed by atoms with E-state index >= 15 is 0 Å². The minimum Gasteiger partial charge on any atom is -0.508 e. The Balaban J connectivity index is 2.31. The minimum absolute atomic E-state index is 0.0663. The molecule has 112 valence electrons. The van der Waals surface area contributed by atoms with Gasteiger partial charge in [-0.15, -0.1) is 0 Å². The number of aromatic hydroxyl groups is 1. The van der Waals surface area contributed by atoms with E-state index in [2.05, 4.69) is 5.32 Å². The molecule has 0 spiro atoms. The van der Waals surface area contributed by atoms with Gasteiger partial charge < -0.3 is 10.4 Å². The fourth-order valence-electron chi connectivity index (χ4n) is 2.59. The van der Waals surface area contributed by atoms with Crippen molar-refractivity contribution in [2.45, 2.75) is 25.6 Å². The summed E-state index contributed by atoms with van der Waals surface area (Å²) in [7, 11) is 0. The molecule has 20 heavy (non-hydrogen) atoms. The number of nitrogens with zero attached hydrogens (tertiary/aromatic N) is 1. The summed E-state index contributed by atoms with van der Waals surface area (Å²) in [5.41, 5.74) is 1.21. The molecule has 1 aromatic rings. The fourth-order valence-corrected chi connectivity index (χ4v) is 2.59. The number of halogens is 3. The molecule has 0 aliphatic carbocycles. The van der Waals surface area contributed by atoms with Gasteiger partial charge in [0.15, 0.2) is 0 Å². The zero-order valence-corrected chi connectivity index (χ0v) is 11.4. The molecule has 0 unspecified atom stereocenters. The Morgan fingerprint density at radius 3 is 2.55 bits per heavy atom. The third-order valence-corrected chi connectivity index (χ3v) is 3.56. The lowest BCUT2D eigenvalue weighted by Gasteiger charge is -2.36. The van der Waals surface area contributed by atoms with E-state index in [1.54, 1.807) is 17.0 Å². The Bertz CT molecular complexity index is 456. The smallest absolute Gasteiger partial charge is 0.390 e. The standard InChI is InChI=1S/C14H19F3N2O/c1-10-2-3-13(20)11(8-10)12(9-14(15,16)17)19-6-4-18-5-7-19/h2-3,8,12,18,20H,4-7,9H2,1H3/t12-/m1/s1. The van der Waals surface area contributed by atoms with Gasteiger partial charge in [-0.05, 0) is 13.0 Å². The summed E-state index contributed by atoms with van der Waals surface area (Å²) in [4.78, 5) is 1.79. The number of alkyl halides is 3. The van der Waals surface area contributed by atoms with Crippen molar-refractivity contribution in [3.8, 4) is 5.75 Å². The lowest BCUT2D eigenvalue weighted by Crippen LogP contribution is -2.46. The Morgan fingerprint density at radius 1 is 1.30 bits per heavy atom. The van der Waals surface area contributed by atoms with Gasteiger partial charge in [0.1, 0.15) is 5.75 Å². The van der Waals surface area contributed by atoms with Crippen molar-refractivity contribution in [1.29, 1.82) is 0 Å². The van der Waals surface area contributed by atoms with E-state index in [4.69, 9.17) is 0 Å². The lowest BCUT2D eigenvalue weighted by atomic mass is 9.98. The second-order valence-electron chi connectivity index (χ2n) is 5.18. The second kappa shape index (κ2) is 6.01. The van der Waals surface area contributed by atoms with Crippen LogP contribution < -0.4 is 5.32 Å². The molecule has 1 aliphatic heterocycles. The maximum atomic E-state index is 12.9. The second-order valence-corrected chi connectivity index (χ2v) is 5.18. The van der Waals surface area contributed by atoms with Crippen LogP contribution in [-0.4, -0.2) is 42.4 Å². The normalized spacial score (nSPS) is 19.0. The highest BCUT2D eigenvalue weighted by Gasteiger charge is 2.37. The molecule has 1 saturated heterocycles. The third-order valence-electron chi connectivity index (χ3n) is 3.56. The van der Waals surface area contributed by atoms with Crippen molar-refractivity contribution in [1.82, 2.24) is 10.2 Å². The van der Waals surface area contributed by atoms with Crippen LogP contribution in [0.3, 0.4) is 0 Å². The van der Waals surface area contributed by atoms with Gasteiger partial charge in [0, 0.05) is 37.8 Å². The van der Waals surface area contributed by atoms with Crippen LogP contribution in [0.25, 0.3) is 0 Å². The van der Waals surface area contributed by atoms with E-state index < -0.39 is 18.6 Å². The number of phenols is 1. The van der Waals surface area contributed by atoms with Gasteiger partial charge in [0.05, 0.1) is 6.42 Å². The molecular weight excluding hydrogens is 269 g/mol. The molecule has 1 aliphatic rings. The van der Waals surface area contributed by atoms with Gasteiger partial charge in [-0.3, -0.25) is 4.90 Å². The number of piperazine rings is 1. The molecule has 1 aromatic carbocycles. The summed E-state index contributed by atoms with van der Waals surface area (Å²) in [6.07, 6.45) is -5.20. The van der Waals surface area contributed by atoms with Crippen LogP contribution in [0.4, 0.5) is 13.2 Å². The maximum Gasteiger partial charge on any atom is 0.390 e. The summed E-state index contributed by atoms with van der Waals surface area (Å²) < 4.78 is 38.6. The minimum atomic E-state index is -4.26. The van der Waals surface area contributed by atoms with Gasteiger partial charge in [0.25, 0.3) is 0 Å². The lowest BCUT2D eigenvalue weighted by molar-refractivity contribution is -0.148. The zero-order chi connectivity index (χ0) is 14.8. The average Bonchev–Trinajstić information content (AvgIpc) is 2.39. The topological polar surface area (TPSA) is 35.5 Å². The molecule has 3 nitrogen and oxygen atoms in total. The summed E-state index contributed by atoms with van der Waals surface area (Å²) in [6.45, 7) is 4.25. The molecule has 1 atom stereocenters. The Morgan fingerprint density at radius 2 is 1.95 bits per heavy atom. The van der Waals surface area contributed by atoms with Gasteiger partial charge in [-0.1, -0.05) is 17.7 Å². The van der Waals surface area contributed by atoms with Crippen LogP contribution in [0, 0.1) is 6.92 Å². The molecule has 2 N–H and O–H groups in total. The number of hydrogen-bond donors (Lipinski definition) is 2. The van der Waals surface area contributed by atoms with E-state index in [9.17, 15) is 18.3 Å². The molecule has 0 bridgehead atoms. The molecule has 2 rings (SSSR count). The summed E-state index contributed by atoms with van der Waals surface area (Å²) in [5.74, 6) is -0.0663. The van der Waals surface area contributed by atoms with Crippen LogP contribution in [0.2, 0.25) is 0 Å². The summed E-state index contributed by atoms with van der Waals surface area (Å²) >= 11 is 0. The largest absolute Gasteiger partial charge is 0.508 e. The number of benzene rings is 1. The van der Waals surface area contributed by atoms with Crippen molar-refractivity contribution in [3.63, 3.8) is 0 Å². The summed E-state index contributed by atoms with van der Waals surface area (Å²) in [6, 6.07) is 3.99. The van der Waals surface area contributed by atoms with E-state index in [1.165, 1.54) is 6.07 Å². The predicted molar refractivity (Wildman–Crippen MR) is 70.7 cm³/mol. The molecule has 1 heterocycles. The monoisotopic (exact) mass is 288 g/mol.